The summed E-state index contributed by atoms with van der Waals surface area (Å²) in [6.07, 6.45) is 0.634. The molecule has 1 aromatic rings. The SMILES string of the molecule is CC(C)C(=O)C(N)Cc1ccc(C(C)C)cc1. The number of carbonyl (C=O) groups excluding carboxylic acids is 1. The second-order valence-electron chi connectivity index (χ2n) is 5.26. The number of rotatable bonds is 5. The topological polar surface area (TPSA) is 43.1 Å². The lowest BCUT2D eigenvalue weighted by atomic mass is 9.95. The molecule has 0 heterocycles. The minimum atomic E-state index is -0.375. The van der Waals surface area contributed by atoms with E-state index < -0.39 is 0 Å². The molecule has 1 rings (SSSR count). The number of Topliss-reactive ketones (excluding diaryl/α,β-unsaturated/α-hetero) is 1. The fraction of sp³-hybridized carbons (Fsp3) is 0.533. The second-order valence-corrected chi connectivity index (χ2v) is 5.26. The van der Waals surface area contributed by atoms with Crippen LogP contribution in [0.5, 0.6) is 0 Å². The van der Waals surface area contributed by atoms with Crippen LogP contribution in [-0.2, 0) is 11.2 Å². The fourth-order valence-electron chi connectivity index (χ4n) is 1.82. The van der Waals surface area contributed by atoms with Crippen LogP contribution in [0.3, 0.4) is 0 Å². The zero-order chi connectivity index (χ0) is 13.0. The zero-order valence-corrected chi connectivity index (χ0v) is 11.2. The minimum Gasteiger partial charge on any atom is -0.321 e. The predicted octanol–water partition coefficient (Wildman–Crippen LogP) is 2.90. The third-order valence-electron chi connectivity index (χ3n) is 3.04. The van der Waals surface area contributed by atoms with Gasteiger partial charge in [0, 0.05) is 5.92 Å². The van der Waals surface area contributed by atoms with Crippen LogP contribution in [-0.4, -0.2) is 11.8 Å². The third-order valence-corrected chi connectivity index (χ3v) is 3.04. The summed E-state index contributed by atoms with van der Waals surface area (Å²) in [5, 5.41) is 0. The van der Waals surface area contributed by atoms with E-state index >= 15 is 0 Å². The van der Waals surface area contributed by atoms with Gasteiger partial charge in [0.25, 0.3) is 0 Å². The maximum absolute atomic E-state index is 11.7. The molecule has 0 aliphatic rings. The van der Waals surface area contributed by atoms with Crippen molar-refractivity contribution >= 4 is 5.78 Å². The van der Waals surface area contributed by atoms with E-state index in [2.05, 4.69) is 38.1 Å². The number of nitrogens with two attached hydrogens (primary N) is 1. The van der Waals surface area contributed by atoms with Crippen molar-refractivity contribution in [2.75, 3.05) is 0 Å². The molecule has 0 radical (unpaired) electrons. The highest BCUT2D eigenvalue weighted by Gasteiger charge is 2.17. The molecule has 1 aromatic carbocycles. The molecule has 2 N–H and O–H groups in total. The van der Waals surface area contributed by atoms with Gasteiger partial charge in [-0.2, -0.15) is 0 Å². The molecular weight excluding hydrogens is 210 g/mol. The van der Waals surface area contributed by atoms with Crippen molar-refractivity contribution in [2.45, 2.75) is 46.1 Å². The van der Waals surface area contributed by atoms with Crippen LogP contribution in [0, 0.1) is 5.92 Å². The van der Waals surface area contributed by atoms with E-state index in [9.17, 15) is 4.79 Å². The van der Waals surface area contributed by atoms with Gasteiger partial charge in [0.15, 0.2) is 5.78 Å². The molecule has 0 aliphatic carbocycles. The van der Waals surface area contributed by atoms with E-state index in [1.807, 2.05) is 13.8 Å². The van der Waals surface area contributed by atoms with Crippen LogP contribution in [0.4, 0.5) is 0 Å². The minimum absolute atomic E-state index is 0.0138. The molecule has 2 heteroatoms. The molecule has 1 atom stereocenters. The molecule has 2 nitrogen and oxygen atoms in total. The van der Waals surface area contributed by atoms with E-state index in [4.69, 9.17) is 5.73 Å². The van der Waals surface area contributed by atoms with E-state index in [-0.39, 0.29) is 17.7 Å². The van der Waals surface area contributed by atoms with Crippen LogP contribution in [0.1, 0.15) is 44.7 Å². The van der Waals surface area contributed by atoms with E-state index in [1.165, 1.54) is 5.56 Å². The Kier molecular flexibility index (Phi) is 4.88. The van der Waals surface area contributed by atoms with Gasteiger partial charge in [0.05, 0.1) is 6.04 Å². The fourth-order valence-corrected chi connectivity index (χ4v) is 1.82. The summed E-state index contributed by atoms with van der Waals surface area (Å²) in [4.78, 5) is 11.7. The molecule has 0 bridgehead atoms. The van der Waals surface area contributed by atoms with Gasteiger partial charge in [0.2, 0.25) is 0 Å². The third kappa shape index (κ3) is 3.97. The number of hydrogen-bond donors (Lipinski definition) is 1. The Hall–Kier alpha value is -1.15. The van der Waals surface area contributed by atoms with Gasteiger partial charge in [-0.15, -0.1) is 0 Å². The van der Waals surface area contributed by atoms with Gasteiger partial charge in [-0.05, 0) is 23.5 Å². The van der Waals surface area contributed by atoms with Gasteiger partial charge in [-0.3, -0.25) is 4.79 Å². The van der Waals surface area contributed by atoms with E-state index in [0.29, 0.717) is 12.3 Å². The van der Waals surface area contributed by atoms with Crippen molar-refractivity contribution in [1.82, 2.24) is 0 Å². The van der Waals surface area contributed by atoms with Crippen molar-refractivity contribution in [1.29, 1.82) is 0 Å². The van der Waals surface area contributed by atoms with Crippen molar-refractivity contribution in [3.8, 4) is 0 Å². The first-order valence-electron chi connectivity index (χ1n) is 6.30. The standard InChI is InChI=1S/C15H23NO/c1-10(2)13-7-5-12(6-8-13)9-14(16)15(17)11(3)4/h5-8,10-11,14H,9,16H2,1-4H3. The molecule has 0 saturated heterocycles. The van der Waals surface area contributed by atoms with Crippen molar-refractivity contribution in [2.24, 2.45) is 11.7 Å². The first-order valence-corrected chi connectivity index (χ1v) is 6.30. The summed E-state index contributed by atoms with van der Waals surface area (Å²) in [5.74, 6) is 0.688. The lowest BCUT2D eigenvalue weighted by Crippen LogP contribution is -2.35. The highest BCUT2D eigenvalue weighted by Crippen LogP contribution is 2.15. The summed E-state index contributed by atoms with van der Waals surface area (Å²) in [5.41, 5.74) is 8.35. The number of carbonyl (C=O) groups is 1. The highest BCUT2D eigenvalue weighted by atomic mass is 16.1. The van der Waals surface area contributed by atoms with E-state index in [0.717, 1.165) is 5.56 Å². The summed E-state index contributed by atoms with van der Waals surface area (Å²) in [6.45, 7) is 8.13. The first kappa shape index (κ1) is 13.9. The lowest BCUT2D eigenvalue weighted by molar-refractivity contribution is -0.123. The van der Waals surface area contributed by atoms with Gasteiger partial charge in [-0.1, -0.05) is 52.0 Å². The van der Waals surface area contributed by atoms with Crippen LogP contribution in [0.2, 0.25) is 0 Å². The Bertz CT molecular complexity index is 365. The first-order chi connectivity index (χ1) is 7.91. The van der Waals surface area contributed by atoms with Gasteiger partial charge >= 0.3 is 0 Å². The quantitative estimate of drug-likeness (QED) is 0.849. The van der Waals surface area contributed by atoms with Crippen LogP contribution < -0.4 is 5.73 Å². The smallest absolute Gasteiger partial charge is 0.152 e. The summed E-state index contributed by atoms with van der Waals surface area (Å²) in [6, 6.07) is 8.00. The molecule has 0 spiro atoms. The van der Waals surface area contributed by atoms with Crippen LogP contribution in [0.15, 0.2) is 24.3 Å². The van der Waals surface area contributed by atoms with Crippen LogP contribution >= 0.6 is 0 Å². The molecule has 0 amide bonds. The monoisotopic (exact) mass is 233 g/mol. The van der Waals surface area contributed by atoms with Gasteiger partial charge in [0.1, 0.15) is 0 Å². The molecule has 0 aromatic heterocycles. The van der Waals surface area contributed by atoms with Crippen molar-refractivity contribution < 1.29 is 4.79 Å². The Balaban J connectivity index is 2.66. The van der Waals surface area contributed by atoms with Gasteiger partial charge < -0.3 is 5.73 Å². The maximum atomic E-state index is 11.7. The number of benzene rings is 1. The molecular formula is C15H23NO. The average Bonchev–Trinajstić information content (AvgIpc) is 2.28. The number of ketones is 1. The molecule has 94 valence electrons. The van der Waals surface area contributed by atoms with Crippen LogP contribution in [0.25, 0.3) is 0 Å². The lowest BCUT2D eigenvalue weighted by Gasteiger charge is -2.13. The molecule has 0 saturated carbocycles. The highest BCUT2D eigenvalue weighted by molar-refractivity contribution is 5.85. The zero-order valence-electron chi connectivity index (χ0n) is 11.2. The molecule has 17 heavy (non-hydrogen) atoms. The summed E-state index contributed by atoms with van der Waals surface area (Å²) >= 11 is 0. The van der Waals surface area contributed by atoms with Crippen molar-refractivity contribution in [3.05, 3.63) is 35.4 Å². The molecule has 0 fully saturated rings. The largest absolute Gasteiger partial charge is 0.321 e. The van der Waals surface area contributed by atoms with Gasteiger partial charge in [-0.25, -0.2) is 0 Å². The van der Waals surface area contributed by atoms with E-state index in [1.54, 1.807) is 0 Å². The second kappa shape index (κ2) is 5.97. The Labute approximate surface area is 104 Å². The summed E-state index contributed by atoms with van der Waals surface area (Å²) in [7, 11) is 0. The maximum Gasteiger partial charge on any atom is 0.152 e. The predicted molar refractivity (Wildman–Crippen MR) is 72.1 cm³/mol. The summed E-state index contributed by atoms with van der Waals surface area (Å²) < 4.78 is 0. The average molecular weight is 233 g/mol. The normalized spacial score (nSPS) is 13.1. The Morgan fingerprint density at radius 1 is 1.12 bits per heavy atom. The molecule has 1 unspecified atom stereocenters. The number of hydrogen-bond acceptors (Lipinski definition) is 2. The Morgan fingerprint density at radius 2 is 1.65 bits per heavy atom. The molecule has 0 aliphatic heterocycles. The Morgan fingerprint density at radius 3 is 2.06 bits per heavy atom. The van der Waals surface area contributed by atoms with Crippen molar-refractivity contribution in [3.63, 3.8) is 0 Å².